The average Bonchev–Trinajstić information content (AvgIpc) is 2.86. The van der Waals surface area contributed by atoms with Crippen LogP contribution in [0.25, 0.3) is 0 Å². The highest BCUT2D eigenvalue weighted by molar-refractivity contribution is 5.34. The van der Waals surface area contributed by atoms with Gasteiger partial charge in [0.1, 0.15) is 31.1 Å². The maximum atomic E-state index is 6.00. The van der Waals surface area contributed by atoms with Gasteiger partial charge >= 0.3 is 18.0 Å². The summed E-state index contributed by atoms with van der Waals surface area (Å²) in [5.41, 5.74) is 1.20. The Kier molecular flexibility index (Phi) is 6.23. The lowest BCUT2D eigenvalue weighted by atomic mass is 10.1. The zero-order valence-corrected chi connectivity index (χ0v) is 18.2. The van der Waals surface area contributed by atoms with E-state index in [1.54, 1.807) is 0 Å². The molecule has 0 unspecified atom stereocenters. The third kappa shape index (κ3) is 5.16. The van der Waals surface area contributed by atoms with Crippen molar-refractivity contribution in [1.29, 1.82) is 0 Å². The molecule has 0 amide bonds. The van der Waals surface area contributed by atoms with E-state index in [9.17, 15) is 0 Å². The summed E-state index contributed by atoms with van der Waals surface area (Å²) >= 11 is 0. The molecule has 166 valence electrons. The van der Waals surface area contributed by atoms with Crippen LogP contribution in [0.4, 0.5) is 5.95 Å². The van der Waals surface area contributed by atoms with E-state index in [4.69, 9.17) is 24.2 Å². The number of nitrogens with zero attached hydrogens (tertiary/aromatic N) is 4. The number of benzene rings is 3. The number of hydrogen-bond donors (Lipinski definition) is 0. The number of morpholine rings is 1. The smallest absolute Gasteiger partial charge is 0.338 e. The van der Waals surface area contributed by atoms with Crippen LogP contribution in [0.3, 0.4) is 0 Å². The predicted molar refractivity (Wildman–Crippen MR) is 125 cm³/mol. The van der Waals surface area contributed by atoms with E-state index in [2.05, 4.69) is 17.1 Å². The Morgan fingerprint density at radius 2 is 1.12 bits per heavy atom. The number of rotatable bonds is 7. The molecule has 0 saturated carbocycles. The van der Waals surface area contributed by atoms with Gasteiger partial charge in [-0.15, -0.1) is 15.0 Å². The normalized spacial score (nSPS) is 15.0. The molecule has 1 fully saturated rings. The number of para-hydroxylation sites is 2. The lowest BCUT2D eigenvalue weighted by Gasteiger charge is -2.38. The van der Waals surface area contributed by atoms with E-state index in [-0.39, 0.29) is 12.0 Å². The van der Waals surface area contributed by atoms with Gasteiger partial charge in [-0.25, -0.2) is 4.48 Å². The van der Waals surface area contributed by atoms with E-state index in [1.165, 1.54) is 5.56 Å². The van der Waals surface area contributed by atoms with E-state index in [1.807, 2.05) is 78.9 Å². The van der Waals surface area contributed by atoms with Gasteiger partial charge in [-0.05, 0) is 24.3 Å². The van der Waals surface area contributed by atoms with Crippen LogP contribution in [0, 0.1) is 0 Å². The van der Waals surface area contributed by atoms with Crippen molar-refractivity contribution in [2.24, 2.45) is 0 Å². The molecule has 0 radical (unpaired) electrons. The number of hydrogen-bond acceptors (Lipinski definition) is 6. The predicted octanol–water partition coefficient (Wildman–Crippen LogP) is 4.99. The molecule has 1 aliphatic heterocycles. The summed E-state index contributed by atoms with van der Waals surface area (Å²) in [6.07, 6.45) is 0. The quantitative estimate of drug-likeness (QED) is 0.376. The maximum absolute atomic E-state index is 6.00. The fourth-order valence-electron chi connectivity index (χ4n) is 3.87. The van der Waals surface area contributed by atoms with Gasteiger partial charge < -0.3 is 14.2 Å². The largest absolute Gasteiger partial charge is 0.424 e. The molecule has 1 saturated heterocycles. The topological polar surface area (TPSA) is 66.4 Å². The summed E-state index contributed by atoms with van der Waals surface area (Å²) in [6.45, 7) is 3.48. The zero-order chi connectivity index (χ0) is 22.3. The second-order valence-electron chi connectivity index (χ2n) is 7.88. The summed E-state index contributed by atoms with van der Waals surface area (Å²) in [6, 6.07) is 29.7. The Labute approximate surface area is 192 Å². The minimum atomic E-state index is 0.203. The minimum absolute atomic E-state index is 0.203. The molecule has 0 spiro atoms. The Balaban J connectivity index is 1.55. The number of quaternary nitrogens is 1. The molecule has 1 aliphatic rings. The highest BCUT2D eigenvalue weighted by Gasteiger charge is 2.38. The van der Waals surface area contributed by atoms with Gasteiger partial charge in [0.15, 0.2) is 0 Å². The molecular weight excluding hydrogens is 416 g/mol. The number of aromatic nitrogens is 3. The molecule has 3 aromatic carbocycles. The van der Waals surface area contributed by atoms with Crippen LogP contribution in [0.5, 0.6) is 23.5 Å². The molecule has 0 aliphatic carbocycles. The molecule has 7 nitrogen and oxygen atoms in total. The van der Waals surface area contributed by atoms with Gasteiger partial charge in [0.2, 0.25) is 0 Å². The maximum Gasteiger partial charge on any atom is 0.338 e. The van der Waals surface area contributed by atoms with Crippen LogP contribution in [0.1, 0.15) is 5.56 Å². The van der Waals surface area contributed by atoms with Crippen LogP contribution in [0.2, 0.25) is 0 Å². The molecule has 2 heterocycles. The summed E-state index contributed by atoms with van der Waals surface area (Å²) in [4.78, 5) is 14.0. The SMILES string of the molecule is c1ccc(C[N+]2(c3nc(Oc4ccccc4)nc(Oc4ccccc4)n3)CCOCC2)cc1. The average molecular weight is 442 g/mol. The Bertz CT molecular complexity index is 1110. The first-order valence-electron chi connectivity index (χ1n) is 11.0. The van der Waals surface area contributed by atoms with Crippen molar-refractivity contribution in [3.8, 4) is 23.5 Å². The Morgan fingerprint density at radius 3 is 1.64 bits per heavy atom. The highest BCUT2D eigenvalue weighted by atomic mass is 16.5. The van der Waals surface area contributed by atoms with Crippen LogP contribution in [0.15, 0.2) is 91.0 Å². The first kappa shape index (κ1) is 21.1. The molecule has 7 heteroatoms. The van der Waals surface area contributed by atoms with E-state index in [0.29, 0.717) is 35.1 Å². The minimum Gasteiger partial charge on any atom is -0.424 e. The Hall–Kier alpha value is -3.81. The van der Waals surface area contributed by atoms with Crippen molar-refractivity contribution >= 4 is 5.95 Å². The van der Waals surface area contributed by atoms with Crippen molar-refractivity contribution < 1.29 is 14.2 Å². The molecule has 5 rings (SSSR count). The van der Waals surface area contributed by atoms with Gasteiger partial charge in [-0.3, -0.25) is 0 Å². The molecule has 1 aromatic heterocycles. The lowest BCUT2D eigenvalue weighted by Crippen LogP contribution is -2.56. The number of ether oxygens (including phenoxy) is 3. The highest BCUT2D eigenvalue weighted by Crippen LogP contribution is 2.30. The van der Waals surface area contributed by atoms with Crippen LogP contribution in [-0.2, 0) is 11.3 Å². The molecule has 0 N–H and O–H groups in total. The standard InChI is InChI=1S/C26H25N4O3/c1-4-10-21(11-5-1)20-30(16-18-31-19-17-30)24-27-25(32-22-12-6-2-7-13-22)29-26(28-24)33-23-14-8-3-9-15-23/h1-15H,16-20H2/q+1. The van der Waals surface area contributed by atoms with Crippen molar-refractivity contribution in [3.05, 3.63) is 96.6 Å². The van der Waals surface area contributed by atoms with Gasteiger partial charge in [0.25, 0.3) is 0 Å². The third-order valence-corrected chi connectivity index (χ3v) is 5.57. The van der Waals surface area contributed by atoms with E-state index < -0.39 is 0 Å². The zero-order valence-electron chi connectivity index (χ0n) is 18.2. The fourth-order valence-corrected chi connectivity index (χ4v) is 3.87. The molecule has 0 bridgehead atoms. The van der Waals surface area contributed by atoms with Crippen molar-refractivity contribution in [1.82, 2.24) is 19.4 Å². The summed E-state index contributed by atoms with van der Waals surface area (Å²) in [5, 5.41) is 0. The van der Waals surface area contributed by atoms with Crippen LogP contribution >= 0.6 is 0 Å². The molecule has 4 aromatic rings. The first-order valence-corrected chi connectivity index (χ1v) is 11.0. The Morgan fingerprint density at radius 1 is 0.636 bits per heavy atom. The van der Waals surface area contributed by atoms with Gasteiger partial charge in [-0.2, -0.15) is 0 Å². The van der Waals surface area contributed by atoms with Crippen molar-refractivity contribution in [2.75, 3.05) is 26.3 Å². The second kappa shape index (κ2) is 9.77. The molecule has 33 heavy (non-hydrogen) atoms. The van der Waals surface area contributed by atoms with Gasteiger partial charge in [-0.1, -0.05) is 66.7 Å². The lowest BCUT2D eigenvalue weighted by molar-refractivity contribution is 0.0331. The first-order chi connectivity index (χ1) is 16.3. The monoisotopic (exact) mass is 441 g/mol. The summed E-state index contributed by atoms with van der Waals surface area (Å²) < 4.78 is 18.2. The van der Waals surface area contributed by atoms with Gasteiger partial charge in [0.05, 0.1) is 13.2 Å². The van der Waals surface area contributed by atoms with Crippen molar-refractivity contribution in [3.63, 3.8) is 0 Å². The van der Waals surface area contributed by atoms with E-state index in [0.717, 1.165) is 19.6 Å². The van der Waals surface area contributed by atoms with Crippen molar-refractivity contribution in [2.45, 2.75) is 6.54 Å². The van der Waals surface area contributed by atoms with Crippen LogP contribution < -0.4 is 14.0 Å². The summed E-state index contributed by atoms with van der Waals surface area (Å²) in [7, 11) is 0. The fraction of sp³-hybridized carbons (Fsp3) is 0.192. The van der Waals surface area contributed by atoms with Gasteiger partial charge in [0, 0.05) is 5.56 Å². The van der Waals surface area contributed by atoms with E-state index >= 15 is 0 Å². The third-order valence-electron chi connectivity index (χ3n) is 5.57. The second-order valence-corrected chi connectivity index (χ2v) is 7.88. The molecular formula is C26H25N4O3+. The summed E-state index contributed by atoms with van der Waals surface area (Å²) in [5.74, 6) is 1.91. The molecule has 0 atom stereocenters. The van der Waals surface area contributed by atoms with Crippen LogP contribution in [-0.4, -0.2) is 41.3 Å².